The van der Waals surface area contributed by atoms with Crippen molar-refractivity contribution in [2.75, 3.05) is 25.2 Å². The zero-order chi connectivity index (χ0) is 30.7. The Bertz CT molecular complexity index is 1750. The van der Waals surface area contributed by atoms with Crippen LogP contribution in [0.3, 0.4) is 0 Å². The Morgan fingerprint density at radius 2 is 1.91 bits per heavy atom. The summed E-state index contributed by atoms with van der Waals surface area (Å²) in [7, 11) is -3.22. The number of carbonyl (C=O) groups excluding carboxylic acids is 1. The molecule has 0 bridgehead atoms. The van der Waals surface area contributed by atoms with E-state index in [4.69, 9.17) is 14.8 Å². The Kier molecular flexibility index (Phi) is 8.81. The molecule has 4 aromatic rings. The van der Waals surface area contributed by atoms with Gasteiger partial charge >= 0.3 is 0 Å². The van der Waals surface area contributed by atoms with Gasteiger partial charge in [0.2, 0.25) is 0 Å². The maximum Gasteiger partial charge on any atom is 0.253 e. The molecule has 10 nitrogen and oxygen atoms in total. The summed E-state index contributed by atoms with van der Waals surface area (Å²) in [4.78, 5) is 26.0. The number of halogens is 2. The van der Waals surface area contributed by atoms with Gasteiger partial charge in [0.1, 0.15) is 32.9 Å². The molecule has 1 saturated carbocycles. The second-order valence-electron chi connectivity index (χ2n) is 10.6. The van der Waals surface area contributed by atoms with E-state index in [0.717, 1.165) is 30.4 Å². The molecule has 1 aliphatic carbocycles. The van der Waals surface area contributed by atoms with Crippen LogP contribution in [0, 0.1) is 18.6 Å². The molecule has 13 heteroatoms. The van der Waals surface area contributed by atoms with Crippen LogP contribution in [0.4, 0.5) is 8.78 Å². The van der Waals surface area contributed by atoms with E-state index in [1.54, 1.807) is 36.1 Å². The molecule has 226 valence electrons. The molecule has 3 heterocycles. The molecule has 0 unspecified atom stereocenters. The predicted molar refractivity (Wildman–Crippen MR) is 156 cm³/mol. The van der Waals surface area contributed by atoms with E-state index >= 15 is 0 Å². The zero-order valence-corrected chi connectivity index (χ0v) is 24.9. The van der Waals surface area contributed by atoms with Crippen LogP contribution in [0.2, 0.25) is 0 Å². The molecule has 1 aromatic carbocycles. The summed E-state index contributed by atoms with van der Waals surface area (Å²) in [5.41, 5.74) is 3.75. The number of nitrogens with zero attached hydrogens (tertiary/aromatic N) is 5. The van der Waals surface area contributed by atoms with E-state index in [1.165, 1.54) is 18.3 Å². The van der Waals surface area contributed by atoms with Crippen molar-refractivity contribution in [1.82, 2.24) is 30.0 Å². The minimum absolute atomic E-state index is 0.0145. The molecule has 0 radical (unpaired) electrons. The van der Waals surface area contributed by atoms with Crippen LogP contribution >= 0.6 is 0 Å². The number of ether oxygens (including phenoxy) is 1. The fraction of sp³-hybridized carbons (Fsp3) is 0.367. The largest absolute Gasteiger partial charge is 0.494 e. The van der Waals surface area contributed by atoms with Crippen LogP contribution in [0.15, 0.2) is 42.9 Å². The third-order valence-electron chi connectivity index (χ3n) is 7.15. The Balaban J connectivity index is 1.41. The van der Waals surface area contributed by atoms with Gasteiger partial charge in [-0.2, -0.15) is 5.10 Å². The summed E-state index contributed by atoms with van der Waals surface area (Å²) in [5, 5.41) is 7.35. The number of rotatable bonds is 12. The molecule has 1 aliphatic rings. The van der Waals surface area contributed by atoms with Crippen LogP contribution in [-0.2, 0) is 22.8 Å². The summed E-state index contributed by atoms with van der Waals surface area (Å²) in [6.45, 7) is 3.85. The van der Waals surface area contributed by atoms with Crippen molar-refractivity contribution >= 4 is 15.7 Å². The molecular formula is C30H32F2N6O4S. The van der Waals surface area contributed by atoms with E-state index in [2.05, 4.69) is 15.3 Å². The lowest BCUT2D eigenvalue weighted by Crippen LogP contribution is -2.29. The monoisotopic (exact) mass is 610 g/mol. The average Bonchev–Trinajstić information content (AvgIpc) is 3.73. The van der Waals surface area contributed by atoms with Crippen LogP contribution < -0.4 is 10.1 Å². The SMILES string of the molecule is CCOc1cc(F)c(Cn2nc(-c3nccc(Cc4ccncc4C(=O)NCCS(C)(=O)=O)n3)c(C)c2C2CC2)c(F)c1. The lowest BCUT2D eigenvalue weighted by atomic mass is 10.0. The van der Waals surface area contributed by atoms with Gasteiger partial charge in [-0.3, -0.25) is 14.5 Å². The number of nitrogens with one attached hydrogen (secondary N) is 1. The van der Waals surface area contributed by atoms with E-state index in [1.807, 2.05) is 6.92 Å². The van der Waals surface area contributed by atoms with E-state index < -0.39 is 27.4 Å². The van der Waals surface area contributed by atoms with Gasteiger partial charge in [-0.05, 0) is 44.4 Å². The van der Waals surface area contributed by atoms with E-state index in [-0.39, 0.29) is 42.5 Å². The number of amides is 1. The first-order chi connectivity index (χ1) is 20.5. The lowest BCUT2D eigenvalue weighted by Gasteiger charge is -2.11. The molecule has 43 heavy (non-hydrogen) atoms. The van der Waals surface area contributed by atoms with Crippen LogP contribution in [0.25, 0.3) is 11.5 Å². The Morgan fingerprint density at radius 1 is 1.16 bits per heavy atom. The summed E-state index contributed by atoms with van der Waals surface area (Å²) < 4.78 is 59.6. The molecular weight excluding hydrogens is 578 g/mol. The van der Waals surface area contributed by atoms with Crippen molar-refractivity contribution in [3.8, 4) is 17.3 Å². The number of benzene rings is 1. The van der Waals surface area contributed by atoms with Crippen molar-refractivity contribution in [2.24, 2.45) is 0 Å². The van der Waals surface area contributed by atoms with Gasteiger partial charge < -0.3 is 10.1 Å². The van der Waals surface area contributed by atoms with Gasteiger partial charge in [0.05, 0.1) is 24.5 Å². The average molecular weight is 611 g/mol. The van der Waals surface area contributed by atoms with E-state index in [0.29, 0.717) is 34.9 Å². The highest BCUT2D eigenvalue weighted by molar-refractivity contribution is 7.90. The summed E-state index contributed by atoms with van der Waals surface area (Å²) in [5.74, 6) is -1.28. The lowest BCUT2D eigenvalue weighted by molar-refractivity contribution is 0.0955. The number of carbonyl (C=O) groups is 1. The maximum absolute atomic E-state index is 14.9. The maximum atomic E-state index is 14.9. The molecule has 5 rings (SSSR count). The van der Waals surface area contributed by atoms with Crippen molar-refractivity contribution in [3.63, 3.8) is 0 Å². The summed E-state index contributed by atoms with van der Waals surface area (Å²) >= 11 is 0. The number of hydrogen-bond acceptors (Lipinski definition) is 8. The first kappa shape index (κ1) is 30.2. The molecule has 3 aromatic heterocycles. The predicted octanol–water partition coefficient (Wildman–Crippen LogP) is 4.01. The highest BCUT2D eigenvalue weighted by Crippen LogP contribution is 2.43. The molecule has 0 atom stereocenters. The summed E-state index contributed by atoms with van der Waals surface area (Å²) in [6, 6.07) is 5.80. The smallest absolute Gasteiger partial charge is 0.253 e. The highest BCUT2D eigenvalue weighted by Gasteiger charge is 2.32. The first-order valence-corrected chi connectivity index (χ1v) is 16.0. The third-order valence-corrected chi connectivity index (χ3v) is 8.09. The fourth-order valence-corrected chi connectivity index (χ4v) is 5.41. The standard InChI is InChI=1S/C30H32F2N6O4S/c1-4-42-22-14-25(31)24(26(32)15-22)17-38-28(19-5-6-19)18(2)27(37-38)29-34-10-8-21(36-29)13-20-7-9-33-16-23(20)30(39)35-11-12-43(3,40)41/h7-10,14-16,19H,4-6,11-13,17H2,1-3H3,(H,35,39). The Labute approximate surface area is 248 Å². The molecule has 1 fully saturated rings. The highest BCUT2D eigenvalue weighted by atomic mass is 32.2. The molecule has 0 spiro atoms. The zero-order valence-electron chi connectivity index (χ0n) is 24.1. The van der Waals surface area contributed by atoms with Gasteiger partial charge in [-0.1, -0.05) is 0 Å². The fourth-order valence-electron chi connectivity index (χ4n) is 4.93. The van der Waals surface area contributed by atoms with Crippen molar-refractivity contribution in [2.45, 2.75) is 45.6 Å². The summed E-state index contributed by atoms with van der Waals surface area (Å²) in [6.07, 6.45) is 7.90. The van der Waals surface area contributed by atoms with Gasteiger partial charge in [-0.15, -0.1) is 0 Å². The number of hydrogen-bond donors (Lipinski definition) is 1. The minimum Gasteiger partial charge on any atom is -0.494 e. The Hall–Kier alpha value is -4.26. The molecule has 1 amide bonds. The van der Waals surface area contributed by atoms with Crippen LogP contribution in [0.5, 0.6) is 5.75 Å². The number of aromatic nitrogens is 5. The quantitative estimate of drug-likeness (QED) is 0.255. The first-order valence-electron chi connectivity index (χ1n) is 13.9. The second-order valence-corrected chi connectivity index (χ2v) is 12.8. The number of sulfone groups is 1. The van der Waals surface area contributed by atoms with Crippen LogP contribution in [0.1, 0.15) is 64.1 Å². The molecule has 0 saturated heterocycles. The van der Waals surface area contributed by atoms with Crippen molar-refractivity contribution in [3.05, 3.63) is 88.1 Å². The molecule has 0 aliphatic heterocycles. The van der Waals surface area contributed by atoms with Gasteiger partial charge in [0.25, 0.3) is 5.91 Å². The third kappa shape index (κ3) is 7.22. The number of pyridine rings is 1. The second kappa shape index (κ2) is 12.5. The van der Waals surface area contributed by atoms with Crippen LogP contribution in [-0.4, -0.2) is 64.2 Å². The van der Waals surface area contributed by atoms with E-state index in [9.17, 15) is 22.0 Å². The minimum atomic E-state index is -3.22. The van der Waals surface area contributed by atoms with Gasteiger partial charge in [0, 0.05) is 78.4 Å². The normalized spacial score (nSPS) is 13.2. The van der Waals surface area contributed by atoms with Crippen molar-refractivity contribution in [1.29, 1.82) is 0 Å². The van der Waals surface area contributed by atoms with Gasteiger partial charge in [0.15, 0.2) is 5.82 Å². The Morgan fingerprint density at radius 3 is 2.58 bits per heavy atom. The topological polar surface area (TPSA) is 129 Å². The van der Waals surface area contributed by atoms with Gasteiger partial charge in [-0.25, -0.2) is 27.2 Å². The molecule has 1 N–H and O–H groups in total. The van der Waals surface area contributed by atoms with Crippen molar-refractivity contribution < 1.29 is 26.7 Å².